The van der Waals surface area contributed by atoms with Gasteiger partial charge in [0.2, 0.25) is 0 Å². The third-order valence-electron chi connectivity index (χ3n) is 4.07. The van der Waals surface area contributed by atoms with Crippen LogP contribution in [0.3, 0.4) is 0 Å². The number of nitrogens with zero attached hydrogens (tertiary/aromatic N) is 2. The van der Waals surface area contributed by atoms with Gasteiger partial charge < -0.3 is 4.90 Å². The third kappa shape index (κ3) is 3.09. The molecule has 4 heteroatoms. The Hall–Kier alpha value is -1.63. The van der Waals surface area contributed by atoms with Crippen LogP contribution in [0.2, 0.25) is 0 Å². The predicted molar refractivity (Wildman–Crippen MR) is 75.5 cm³/mol. The summed E-state index contributed by atoms with van der Waals surface area (Å²) in [6.07, 6.45) is 5.56. The van der Waals surface area contributed by atoms with Crippen LogP contribution in [0.5, 0.6) is 0 Å². The lowest BCUT2D eigenvalue weighted by molar-refractivity contribution is 0.435. The molecule has 0 aromatic heterocycles. The molecule has 1 aromatic carbocycles. The van der Waals surface area contributed by atoms with Gasteiger partial charge in [0.25, 0.3) is 0 Å². The summed E-state index contributed by atoms with van der Waals surface area (Å²) in [5.41, 5.74) is 0.0589. The summed E-state index contributed by atoms with van der Waals surface area (Å²) in [6, 6.07) is 4.56. The molecule has 1 atom stereocenters. The van der Waals surface area contributed by atoms with Gasteiger partial charge in [-0.15, -0.1) is 0 Å². The first kappa shape index (κ1) is 14.8. The fraction of sp³-hybridized carbons (Fsp3) is 0.562. The SMILES string of the molecule is CCCC1CCCN(c2ccc(C#N)c(F)c2F)CC1. The molecular weight excluding hydrogens is 258 g/mol. The van der Waals surface area contributed by atoms with Gasteiger partial charge in [0.1, 0.15) is 6.07 Å². The fourth-order valence-electron chi connectivity index (χ4n) is 2.97. The van der Waals surface area contributed by atoms with E-state index in [1.165, 1.54) is 25.0 Å². The number of nitriles is 1. The molecule has 1 aliphatic heterocycles. The first-order chi connectivity index (χ1) is 9.67. The zero-order valence-electron chi connectivity index (χ0n) is 11.8. The van der Waals surface area contributed by atoms with Gasteiger partial charge in [-0.3, -0.25) is 0 Å². The van der Waals surface area contributed by atoms with Crippen LogP contribution in [0.1, 0.15) is 44.6 Å². The van der Waals surface area contributed by atoms with Crippen LogP contribution in [-0.2, 0) is 0 Å². The minimum atomic E-state index is -1.03. The first-order valence-electron chi connectivity index (χ1n) is 7.30. The topological polar surface area (TPSA) is 27.0 Å². The second kappa shape index (κ2) is 6.69. The standard InChI is InChI=1S/C16H20F2N2/c1-2-4-12-5-3-9-20(10-8-12)14-7-6-13(11-19)15(17)16(14)18/h6-7,12H,2-5,8-10H2,1H3. The second-order valence-corrected chi connectivity index (χ2v) is 5.44. The van der Waals surface area contributed by atoms with Crippen molar-refractivity contribution in [3.8, 4) is 6.07 Å². The van der Waals surface area contributed by atoms with Crippen LogP contribution in [0.15, 0.2) is 12.1 Å². The van der Waals surface area contributed by atoms with E-state index in [1.807, 2.05) is 4.90 Å². The van der Waals surface area contributed by atoms with Gasteiger partial charge >= 0.3 is 0 Å². The van der Waals surface area contributed by atoms with Crippen LogP contribution in [0, 0.1) is 28.9 Å². The molecule has 1 heterocycles. The number of hydrogen-bond donors (Lipinski definition) is 0. The monoisotopic (exact) mass is 278 g/mol. The normalized spacial score (nSPS) is 19.5. The highest BCUT2D eigenvalue weighted by atomic mass is 19.2. The molecule has 1 unspecified atom stereocenters. The number of anilines is 1. The maximum atomic E-state index is 14.0. The summed E-state index contributed by atoms with van der Waals surface area (Å²) >= 11 is 0. The average Bonchev–Trinajstić information content (AvgIpc) is 2.68. The minimum absolute atomic E-state index is 0.232. The Kier molecular flexibility index (Phi) is 4.94. The second-order valence-electron chi connectivity index (χ2n) is 5.44. The van der Waals surface area contributed by atoms with Gasteiger partial charge in [-0.1, -0.05) is 19.8 Å². The zero-order chi connectivity index (χ0) is 14.5. The molecule has 0 radical (unpaired) electrons. The Morgan fingerprint density at radius 1 is 1.25 bits per heavy atom. The molecular formula is C16H20F2N2. The molecule has 0 N–H and O–H groups in total. The van der Waals surface area contributed by atoms with Gasteiger partial charge in [-0.25, -0.2) is 8.78 Å². The summed E-state index contributed by atoms with van der Waals surface area (Å²) < 4.78 is 27.7. The molecule has 0 aliphatic carbocycles. The minimum Gasteiger partial charge on any atom is -0.369 e. The van der Waals surface area contributed by atoms with Gasteiger partial charge in [-0.2, -0.15) is 5.26 Å². The number of rotatable bonds is 3. The van der Waals surface area contributed by atoms with Gasteiger partial charge in [0.05, 0.1) is 11.3 Å². The lowest BCUT2D eigenvalue weighted by atomic mass is 9.96. The third-order valence-corrected chi connectivity index (χ3v) is 4.07. The molecule has 1 aromatic rings. The summed E-state index contributed by atoms with van der Waals surface area (Å²) in [7, 11) is 0. The van der Waals surface area contributed by atoms with E-state index in [0.717, 1.165) is 32.4 Å². The number of benzene rings is 1. The highest BCUT2D eigenvalue weighted by Crippen LogP contribution is 2.29. The van der Waals surface area contributed by atoms with Crippen LogP contribution >= 0.6 is 0 Å². The van der Waals surface area contributed by atoms with Crippen molar-refractivity contribution < 1.29 is 8.78 Å². The molecule has 1 saturated heterocycles. The van der Waals surface area contributed by atoms with E-state index in [-0.39, 0.29) is 5.56 Å². The highest BCUT2D eigenvalue weighted by molar-refractivity contribution is 5.52. The van der Waals surface area contributed by atoms with Gasteiger partial charge in [0, 0.05) is 13.1 Å². The number of halogens is 2. The Labute approximate surface area is 119 Å². The molecule has 0 bridgehead atoms. The summed E-state index contributed by atoms with van der Waals surface area (Å²) in [5, 5.41) is 8.71. The maximum absolute atomic E-state index is 14.0. The Morgan fingerprint density at radius 3 is 2.75 bits per heavy atom. The molecule has 1 aliphatic rings. The summed E-state index contributed by atoms with van der Waals surface area (Å²) in [4.78, 5) is 1.91. The zero-order valence-corrected chi connectivity index (χ0v) is 11.8. The van der Waals surface area contributed by atoms with Crippen molar-refractivity contribution >= 4 is 5.69 Å². The fourth-order valence-corrected chi connectivity index (χ4v) is 2.97. The van der Waals surface area contributed by atoms with Crippen molar-refractivity contribution in [3.05, 3.63) is 29.3 Å². The molecule has 0 spiro atoms. The Bertz CT molecular complexity index is 508. The van der Waals surface area contributed by atoms with E-state index in [2.05, 4.69) is 6.92 Å². The molecule has 0 saturated carbocycles. The van der Waals surface area contributed by atoms with E-state index in [9.17, 15) is 8.78 Å². The average molecular weight is 278 g/mol. The van der Waals surface area contributed by atoms with E-state index in [0.29, 0.717) is 11.6 Å². The first-order valence-corrected chi connectivity index (χ1v) is 7.30. The van der Waals surface area contributed by atoms with E-state index in [4.69, 9.17) is 5.26 Å². The van der Waals surface area contributed by atoms with Crippen LogP contribution < -0.4 is 4.90 Å². The molecule has 108 valence electrons. The van der Waals surface area contributed by atoms with Gasteiger partial charge in [-0.05, 0) is 37.3 Å². The van der Waals surface area contributed by atoms with Crippen molar-refractivity contribution in [2.24, 2.45) is 5.92 Å². The van der Waals surface area contributed by atoms with Crippen molar-refractivity contribution in [1.82, 2.24) is 0 Å². The van der Waals surface area contributed by atoms with Crippen molar-refractivity contribution in [3.63, 3.8) is 0 Å². The molecule has 20 heavy (non-hydrogen) atoms. The van der Waals surface area contributed by atoms with Gasteiger partial charge in [0.15, 0.2) is 11.6 Å². The summed E-state index contributed by atoms with van der Waals surface area (Å²) in [6.45, 7) is 3.69. The lowest BCUT2D eigenvalue weighted by Gasteiger charge is -2.23. The highest BCUT2D eigenvalue weighted by Gasteiger charge is 2.21. The van der Waals surface area contributed by atoms with E-state index in [1.54, 1.807) is 6.07 Å². The smallest absolute Gasteiger partial charge is 0.183 e. The molecule has 2 nitrogen and oxygen atoms in total. The molecule has 2 rings (SSSR count). The summed E-state index contributed by atoms with van der Waals surface area (Å²) in [5.74, 6) is -1.23. The van der Waals surface area contributed by atoms with Crippen LogP contribution in [-0.4, -0.2) is 13.1 Å². The molecule has 1 fully saturated rings. The lowest BCUT2D eigenvalue weighted by Crippen LogP contribution is -2.25. The Balaban J connectivity index is 2.16. The maximum Gasteiger partial charge on any atom is 0.183 e. The van der Waals surface area contributed by atoms with E-state index < -0.39 is 11.6 Å². The quantitative estimate of drug-likeness (QED) is 0.826. The largest absolute Gasteiger partial charge is 0.369 e. The van der Waals surface area contributed by atoms with Crippen LogP contribution in [0.4, 0.5) is 14.5 Å². The van der Waals surface area contributed by atoms with Crippen molar-refractivity contribution in [1.29, 1.82) is 5.26 Å². The molecule has 0 amide bonds. The van der Waals surface area contributed by atoms with Crippen LogP contribution in [0.25, 0.3) is 0 Å². The number of hydrogen-bond acceptors (Lipinski definition) is 2. The van der Waals surface area contributed by atoms with E-state index >= 15 is 0 Å². The van der Waals surface area contributed by atoms with Crippen molar-refractivity contribution in [2.45, 2.75) is 39.0 Å². The Morgan fingerprint density at radius 2 is 2.05 bits per heavy atom. The predicted octanol–water partition coefficient (Wildman–Crippen LogP) is 4.24. The van der Waals surface area contributed by atoms with Crippen molar-refractivity contribution in [2.75, 3.05) is 18.0 Å².